The van der Waals surface area contributed by atoms with Crippen molar-refractivity contribution >= 4 is 33.4 Å². The molecule has 0 aromatic heterocycles. The molecule has 1 amide bonds. The van der Waals surface area contributed by atoms with Crippen molar-refractivity contribution in [3.8, 4) is 5.75 Å². The van der Waals surface area contributed by atoms with Crippen molar-refractivity contribution in [2.24, 2.45) is 22.7 Å². The topological polar surface area (TPSA) is 47.6 Å². The predicted molar refractivity (Wildman–Crippen MR) is 121 cm³/mol. The van der Waals surface area contributed by atoms with Gasteiger partial charge in [0.2, 0.25) is 0 Å². The third-order valence-electron chi connectivity index (χ3n) is 9.15. The van der Waals surface area contributed by atoms with E-state index in [1.54, 1.807) is 7.11 Å². The van der Waals surface area contributed by atoms with E-state index in [1.165, 1.54) is 12.0 Å². The molecule has 2 saturated carbocycles. The normalized spacial score (nSPS) is 41.1. The second-order valence-corrected chi connectivity index (χ2v) is 12.0. The SMILES string of the molecule is CO[C@@H]1C[C@@]23Oc4c(cc(Br)c5c4CNC5=O)C[C@]2(C)[C@@H](C)CC[C@H]3C(C)(C)[C@H]1Cl. The number of halogens is 2. The van der Waals surface area contributed by atoms with Gasteiger partial charge in [0.25, 0.3) is 5.91 Å². The van der Waals surface area contributed by atoms with E-state index in [0.717, 1.165) is 40.6 Å². The van der Waals surface area contributed by atoms with Gasteiger partial charge >= 0.3 is 0 Å². The molecular weight excluding hydrogens is 466 g/mol. The highest BCUT2D eigenvalue weighted by atomic mass is 79.9. The molecule has 2 heterocycles. The summed E-state index contributed by atoms with van der Waals surface area (Å²) in [6.45, 7) is 9.89. The minimum absolute atomic E-state index is 0.0257. The van der Waals surface area contributed by atoms with E-state index in [-0.39, 0.29) is 33.8 Å². The summed E-state index contributed by atoms with van der Waals surface area (Å²) in [7, 11) is 1.77. The predicted octanol–water partition coefficient (Wildman–Crippen LogP) is 5.47. The lowest BCUT2D eigenvalue weighted by atomic mass is 9.43. The summed E-state index contributed by atoms with van der Waals surface area (Å²) in [6, 6.07) is 2.11. The molecule has 1 N–H and O–H groups in total. The maximum Gasteiger partial charge on any atom is 0.253 e. The van der Waals surface area contributed by atoms with E-state index >= 15 is 0 Å². The Morgan fingerprint density at radius 1 is 1.30 bits per heavy atom. The van der Waals surface area contributed by atoms with Crippen LogP contribution in [-0.4, -0.2) is 30.1 Å². The summed E-state index contributed by atoms with van der Waals surface area (Å²) in [5.41, 5.74) is 2.42. The Kier molecular flexibility index (Phi) is 4.65. The van der Waals surface area contributed by atoms with E-state index in [0.29, 0.717) is 18.4 Å². The third kappa shape index (κ3) is 2.46. The number of alkyl halides is 1. The Balaban J connectivity index is 1.74. The highest BCUT2D eigenvalue weighted by Crippen LogP contribution is 2.67. The van der Waals surface area contributed by atoms with Gasteiger partial charge in [-0.1, -0.05) is 27.7 Å². The first kappa shape index (κ1) is 21.1. The molecule has 4 nitrogen and oxygen atoms in total. The molecule has 30 heavy (non-hydrogen) atoms. The van der Waals surface area contributed by atoms with Crippen LogP contribution in [0.4, 0.5) is 0 Å². The molecule has 0 saturated heterocycles. The van der Waals surface area contributed by atoms with Crippen LogP contribution in [0, 0.1) is 22.7 Å². The summed E-state index contributed by atoms with van der Waals surface area (Å²) < 4.78 is 14.0. The van der Waals surface area contributed by atoms with Gasteiger partial charge in [-0.2, -0.15) is 0 Å². The Bertz CT molecular complexity index is 934. The summed E-state index contributed by atoms with van der Waals surface area (Å²) in [6.07, 6.45) is 3.96. The molecule has 1 spiro atoms. The maximum absolute atomic E-state index is 12.5. The number of rotatable bonds is 1. The Hall–Kier alpha value is -0.780. The fourth-order valence-electron chi connectivity index (χ4n) is 7.21. The molecule has 2 fully saturated rings. The van der Waals surface area contributed by atoms with Crippen molar-refractivity contribution in [1.82, 2.24) is 5.32 Å². The molecule has 1 aromatic carbocycles. The lowest BCUT2D eigenvalue weighted by Gasteiger charge is -2.68. The number of carbonyl (C=O) groups is 1. The van der Waals surface area contributed by atoms with Crippen LogP contribution < -0.4 is 10.1 Å². The molecule has 6 heteroatoms. The molecule has 164 valence electrons. The zero-order valence-corrected chi connectivity index (χ0v) is 20.7. The van der Waals surface area contributed by atoms with Crippen LogP contribution >= 0.6 is 27.5 Å². The van der Waals surface area contributed by atoms with Gasteiger partial charge in [-0.25, -0.2) is 0 Å². The Morgan fingerprint density at radius 2 is 2.03 bits per heavy atom. The van der Waals surface area contributed by atoms with Gasteiger partial charge in [-0.05, 0) is 58.2 Å². The highest BCUT2D eigenvalue weighted by Gasteiger charge is 2.69. The summed E-state index contributed by atoms with van der Waals surface area (Å²) in [4.78, 5) is 12.5. The number of hydrogen-bond acceptors (Lipinski definition) is 3. The zero-order chi connectivity index (χ0) is 21.6. The van der Waals surface area contributed by atoms with E-state index in [1.807, 2.05) is 0 Å². The number of benzene rings is 1. The molecule has 1 aromatic rings. The highest BCUT2D eigenvalue weighted by molar-refractivity contribution is 9.10. The maximum atomic E-state index is 12.5. The van der Waals surface area contributed by atoms with Crippen molar-refractivity contribution in [3.63, 3.8) is 0 Å². The lowest BCUT2D eigenvalue weighted by molar-refractivity contribution is -0.231. The molecule has 5 rings (SSSR count). The molecule has 2 aliphatic carbocycles. The second-order valence-electron chi connectivity index (χ2n) is 10.7. The lowest BCUT2D eigenvalue weighted by Crippen LogP contribution is -2.72. The van der Waals surface area contributed by atoms with E-state index < -0.39 is 0 Å². The first-order valence-corrected chi connectivity index (χ1v) is 12.3. The monoisotopic (exact) mass is 495 g/mol. The fraction of sp³-hybridized carbons (Fsp3) is 0.708. The van der Waals surface area contributed by atoms with Crippen LogP contribution in [0.15, 0.2) is 10.5 Å². The molecule has 4 aliphatic rings. The molecule has 6 atom stereocenters. The summed E-state index contributed by atoms with van der Waals surface area (Å²) in [5, 5.41) is 2.93. The van der Waals surface area contributed by atoms with E-state index in [2.05, 4.69) is 55.0 Å². The smallest absolute Gasteiger partial charge is 0.253 e. The zero-order valence-electron chi connectivity index (χ0n) is 18.4. The average molecular weight is 497 g/mol. The number of ether oxygens (including phenoxy) is 2. The van der Waals surface area contributed by atoms with Crippen molar-refractivity contribution in [2.45, 2.75) is 77.0 Å². The number of amides is 1. The quantitative estimate of drug-likeness (QED) is 0.524. The number of nitrogens with one attached hydrogen (secondary N) is 1. The van der Waals surface area contributed by atoms with E-state index in [9.17, 15) is 4.79 Å². The van der Waals surface area contributed by atoms with Gasteiger partial charge in [0, 0.05) is 41.4 Å². The van der Waals surface area contributed by atoms with Crippen molar-refractivity contribution in [2.75, 3.05) is 7.11 Å². The van der Waals surface area contributed by atoms with Crippen LogP contribution in [0.1, 0.15) is 68.4 Å². The Labute approximate surface area is 192 Å². The van der Waals surface area contributed by atoms with Gasteiger partial charge in [0.1, 0.15) is 11.4 Å². The number of methoxy groups -OCH3 is 1. The standard InChI is InChI=1S/C24H31BrClNO3/c1-12-6-7-17-22(2,3)20(26)16(29-5)10-24(17)23(12,4)9-13-8-15(25)18-14(19(13)30-24)11-27-21(18)28/h8,12,16-17,20H,6-7,9-11H2,1-5H3,(H,27,28)/t12-,16+,17-,20-,23+,24-/m0/s1. The third-order valence-corrected chi connectivity index (χ3v) is 10.6. The number of fused-ring (bicyclic) bond motifs is 3. The number of hydrogen-bond donors (Lipinski definition) is 1. The van der Waals surface area contributed by atoms with Crippen LogP contribution in [0.3, 0.4) is 0 Å². The second kappa shape index (κ2) is 6.62. The van der Waals surface area contributed by atoms with Crippen LogP contribution in [0.5, 0.6) is 5.75 Å². The van der Waals surface area contributed by atoms with Crippen LogP contribution in [0.2, 0.25) is 0 Å². The average Bonchev–Trinajstić information content (AvgIpc) is 3.07. The van der Waals surface area contributed by atoms with E-state index in [4.69, 9.17) is 21.1 Å². The molecule has 0 bridgehead atoms. The largest absolute Gasteiger partial charge is 0.486 e. The van der Waals surface area contributed by atoms with Crippen molar-refractivity contribution in [1.29, 1.82) is 0 Å². The van der Waals surface area contributed by atoms with Crippen molar-refractivity contribution < 1.29 is 14.3 Å². The fourth-order valence-corrected chi connectivity index (χ4v) is 8.25. The first-order valence-electron chi connectivity index (χ1n) is 11.0. The molecule has 2 aliphatic heterocycles. The molecular formula is C24H31BrClNO3. The molecule has 0 unspecified atom stereocenters. The van der Waals surface area contributed by atoms with Crippen molar-refractivity contribution in [3.05, 3.63) is 27.2 Å². The Morgan fingerprint density at radius 3 is 2.73 bits per heavy atom. The summed E-state index contributed by atoms with van der Waals surface area (Å²) in [5.74, 6) is 1.75. The minimum atomic E-state index is -0.361. The van der Waals surface area contributed by atoms with Gasteiger partial charge in [-0.15, -0.1) is 11.6 Å². The summed E-state index contributed by atoms with van der Waals surface area (Å²) >= 11 is 10.6. The van der Waals surface area contributed by atoms with Crippen LogP contribution in [-0.2, 0) is 17.7 Å². The van der Waals surface area contributed by atoms with Crippen LogP contribution in [0.25, 0.3) is 0 Å². The molecule has 0 radical (unpaired) electrons. The van der Waals surface area contributed by atoms with Gasteiger partial charge < -0.3 is 14.8 Å². The number of carbonyl (C=O) groups excluding carboxylic acids is 1. The van der Waals surface area contributed by atoms with Gasteiger partial charge in [-0.3, -0.25) is 4.79 Å². The first-order chi connectivity index (χ1) is 14.1. The minimum Gasteiger partial charge on any atom is -0.486 e. The van der Waals surface area contributed by atoms with Gasteiger partial charge in [0.15, 0.2) is 0 Å². The van der Waals surface area contributed by atoms with Gasteiger partial charge in [0.05, 0.1) is 17.0 Å².